The topological polar surface area (TPSA) is 71.5 Å². The molecule has 22 heavy (non-hydrogen) atoms. The van der Waals surface area contributed by atoms with Crippen LogP contribution in [0.3, 0.4) is 0 Å². The van der Waals surface area contributed by atoms with Gasteiger partial charge in [-0.2, -0.15) is 4.31 Å². The smallest absolute Gasteiger partial charge is 0.218 e. The Bertz CT molecular complexity index is 865. The normalized spacial score (nSPS) is 16.9. The van der Waals surface area contributed by atoms with Gasteiger partial charge in [0, 0.05) is 18.5 Å². The molecule has 117 valence electrons. The van der Waals surface area contributed by atoms with Crippen LogP contribution in [0.4, 0.5) is 0 Å². The summed E-state index contributed by atoms with van der Waals surface area (Å²) in [6, 6.07) is 8.55. The number of sulfone groups is 1. The van der Waals surface area contributed by atoms with Crippen LogP contribution in [-0.4, -0.2) is 34.2 Å². The van der Waals surface area contributed by atoms with Crippen LogP contribution >= 0.6 is 11.3 Å². The Morgan fingerprint density at radius 3 is 2.32 bits per heavy atom. The number of benzene rings is 1. The lowest BCUT2D eigenvalue weighted by atomic mass is 10.4. The zero-order valence-corrected chi connectivity index (χ0v) is 14.0. The monoisotopic (exact) mass is 356 g/mol. The van der Waals surface area contributed by atoms with Gasteiger partial charge in [0.25, 0.3) is 0 Å². The molecule has 0 saturated carbocycles. The standard InChI is InChI=1S/C14H14NO4S3/c16-21(17,14-7-4-10-20-14)12-5-3-6-13(11-12)22(18,19)15-8-1-2-9-15/h3-7,11H,1-2,8-9H2. The zero-order valence-electron chi connectivity index (χ0n) is 11.6. The number of hydrogen-bond acceptors (Lipinski definition) is 5. The minimum absolute atomic E-state index is 0.0105. The van der Waals surface area contributed by atoms with E-state index in [0.717, 1.165) is 24.2 Å². The van der Waals surface area contributed by atoms with E-state index < -0.39 is 19.9 Å². The third-order valence-corrected chi connectivity index (χ3v) is 8.46. The summed E-state index contributed by atoms with van der Waals surface area (Å²) in [6.45, 7) is 0.971. The maximum absolute atomic E-state index is 12.5. The van der Waals surface area contributed by atoms with Gasteiger partial charge in [-0.1, -0.05) is 6.07 Å². The van der Waals surface area contributed by atoms with Crippen LogP contribution in [-0.2, 0) is 19.9 Å². The summed E-state index contributed by atoms with van der Waals surface area (Å²) in [6.07, 6.45) is 1.67. The Morgan fingerprint density at radius 1 is 1.00 bits per heavy atom. The Hall–Kier alpha value is -1.22. The van der Waals surface area contributed by atoms with E-state index in [2.05, 4.69) is 5.38 Å². The first kappa shape index (κ1) is 15.7. The van der Waals surface area contributed by atoms with Gasteiger partial charge in [-0.25, -0.2) is 16.8 Å². The SMILES string of the molecule is O=S(=O)(c1cccc(S(=O)(=O)N2CCCC2)c1)c1cc[c]s1. The molecule has 0 bridgehead atoms. The highest BCUT2D eigenvalue weighted by molar-refractivity contribution is 7.93. The van der Waals surface area contributed by atoms with Crippen molar-refractivity contribution in [2.24, 2.45) is 0 Å². The molecule has 1 aromatic carbocycles. The summed E-state index contributed by atoms with van der Waals surface area (Å²) >= 11 is 0.991. The van der Waals surface area contributed by atoms with Crippen LogP contribution in [0.5, 0.6) is 0 Å². The van der Waals surface area contributed by atoms with E-state index in [1.165, 1.54) is 40.7 Å². The lowest BCUT2D eigenvalue weighted by Crippen LogP contribution is -2.27. The van der Waals surface area contributed by atoms with Crippen molar-refractivity contribution in [1.82, 2.24) is 4.31 Å². The molecule has 0 atom stereocenters. The van der Waals surface area contributed by atoms with Crippen molar-refractivity contribution >= 4 is 31.2 Å². The predicted octanol–water partition coefficient (Wildman–Crippen LogP) is 2.17. The van der Waals surface area contributed by atoms with E-state index in [9.17, 15) is 16.8 Å². The molecule has 1 fully saturated rings. The van der Waals surface area contributed by atoms with E-state index in [4.69, 9.17) is 0 Å². The van der Waals surface area contributed by atoms with Gasteiger partial charge in [-0.3, -0.25) is 0 Å². The van der Waals surface area contributed by atoms with E-state index in [1.807, 2.05) is 0 Å². The van der Waals surface area contributed by atoms with Crippen molar-refractivity contribution in [3.63, 3.8) is 0 Å². The fourth-order valence-corrected chi connectivity index (χ4v) is 6.29. The van der Waals surface area contributed by atoms with Crippen LogP contribution in [0.1, 0.15) is 12.8 Å². The molecule has 3 rings (SSSR count). The van der Waals surface area contributed by atoms with Gasteiger partial charge < -0.3 is 0 Å². The molecule has 2 heterocycles. The molecule has 0 spiro atoms. The molecule has 0 amide bonds. The van der Waals surface area contributed by atoms with Crippen molar-refractivity contribution in [2.75, 3.05) is 13.1 Å². The fraction of sp³-hybridized carbons (Fsp3) is 0.286. The molecule has 1 aliphatic rings. The molecular formula is C14H14NO4S3. The highest BCUT2D eigenvalue weighted by atomic mass is 32.2. The van der Waals surface area contributed by atoms with Gasteiger partial charge in [0.05, 0.1) is 9.79 Å². The van der Waals surface area contributed by atoms with Crippen LogP contribution < -0.4 is 0 Å². The van der Waals surface area contributed by atoms with Crippen LogP contribution in [0.25, 0.3) is 0 Å². The highest BCUT2D eigenvalue weighted by Gasteiger charge is 2.28. The van der Waals surface area contributed by atoms with Crippen LogP contribution in [0.2, 0.25) is 0 Å². The van der Waals surface area contributed by atoms with Crippen molar-refractivity contribution in [1.29, 1.82) is 0 Å². The second-order valence-corrected chi connectivity index (χ2v) is 9.96. The maximum atomic E-state index is 12.5. The van der Waals surface area contributed by atoms with Crippen molar-refractivity contribution in [3.05, 3.63) is 41.8 Å². The minimum Gasteiger partial charge on any atom is -0.218 e. The van der Waals surface area contributed by atoms with Gasteiger partial charge in [0.1, 0.15) is 4.21 Å². The van der Waals surface area contributed by atoms with E-state index in [1.54, 1.807) is 0 Å². The quantitative estimate of drug-likeness (QED) is 0.842. The van der Waals surface area contributed by atoms with Crippen molar-refractivity contribution in [3.8, 4) is 0 Å². The first-order chi connectivity index (χ1) is 10.4. The molecule has 1 aliphatic heterocycles. The molecule has 1 radical (unpaired) electrons. The summed E-state index contributed by atoms with van der Waals surface area (Å²) < 4.78 is 51.6. The predicted molar refractivity (Wildman–Crippen MR) is 83.0 cm³/mol. The molecule has 0 unspecified atom stereocenters. The number of thiophene rings is 1. The van der Waals surface area contributed by atoms with E-state index >= 15 is 0 Å². The minimum atomic E-state index is -3.70. The summed E-state index contributed by atoms with van der Waals surface area (Å²) in [5.41, 5.74) is 0. The molecule has 5 nitrogen and oxygen atoms in total. The lowest BCUT2D eigenvalue weighted by Gasteiger charge is -2.15. The van der Waals surface area contributed by atoms with Gasteiger partial charge in [-0.15, -0.1) is 11.3 Å². The summed E-state index contributed by atoms with van der Waals surface area (Å²) in [5.74, 6) is 0. The summed E-state index contributed by atoms with van der Waals surface area (Å²) in [5, 5.41) is 2.73. The average molecular weight is 356 g/mol. The van der Waals surface area contributed by atoms with Gasteiger partial charge in [-0.05, 0) is 43.2 Å². The van der Waals surface area contributed by atoms with Gasteiger partial charge in [0.2, 0.25) is 19.9 Å². The summed E-state index contributed by atoms with van der Waals surface area (Å²) in [4.78, 5) is 0.0135. The van der Waals surface area contributed by atoms with Crippen molar-refractivity contribution < 1.29 is 16.8 Å². The number of hydrogen-bond donors (Lipinski definition) is 0. The second-order valence-electron chi connectivity index (χ2n) is 4.96. The van der Waals surface area contributed by atoms with Gasteiger partial charge >= 0.3 is 0 Å². The molecule has 1 aromatic heterocycles. The van der Waals surface area contributed by atoms with Crippen LogP contribution in [0.15, 0.2) is 50.4 Å². The molecule has 1 saturated heterocycles. The van der Waals surface area contributed by atoms with E-state index in [0.29, 0.717) is 13.1 Å². The maximum Gasteiger partial charge on any atom is 0.243 e. The molecule has 8 heteroatoms. The Balaban J connectivity index is 2.04. The van der Waals surface area contributed by atoms with Crippen molar-refractivity contribution in [2.45, 2.75) is 26.8 Å². The average Bonchev–Trinajstić information content (AvgIpc) is 3.20. The highest BCUT2D eigenvalue weighted by Crippen LogP contribution is 2.28. The van der Waals surface area contributed by atoms with Gasteiger partial charge in [0.15, 0.2) is 0 Å². The number of rotatable bonds is 4. The number of nitrogens with zero attached hydrogens (tertiary/aromatic N) is 1. The Labute approximate surface area is 134 Å². The van der Waals surface area contributed by atoms with Crippen LogP contribution in [0, 0.1) is 5.38 Å². The summed E-state index contributed by atoms with van der Waals surface area (Å²) in [7, 11) is -7.32. The first-order valence-electron chi connectivity index (χ1n) is 6.73. The Morgan fingerprint density at radius 2 is 1.68 bits per heavy atom. The number of sulfonamides is 1. The first-order valence-corrected chi connectivity index (χ1v) is 10.5. The second kappa shape index (κ2) is 5.77. The van der Waals surface area contributed by atoms with E-state index in [-0.39, 0.29) is 14.0 Å². The molecular weight excluding hydrogens is 342 g/mol. The lowest BCUT2D eigenvalue weighted by molar-refractivity contribution is 0.477. The fourth-order valence-electron chi connectivity index (χ4n) is 2.37. The molecule has 0 aliphatic carbocycles. The Kier molecular flexibility index (Phi) is 4.11. The third-order valence-electron chi connectivity index (χ3n) is 3.53. The molecule has 0 N–H and O–H groups in total. The third kappa shape index (κ3) is 2.71. The molecule has 2 aromatic rings. The largest absolute Gasteiger partial charge is 0.243 e. The zero-order chi connectivity index (χ0) is 15.8.